The Bertz CT molecular complexity index is 3140. The third-order valence-electron chi connectivity index (χ3n) is 12.2. The molecule has 2 aliphatic heterocycles. The van der Waals surface area contributed by atoms with Crippen LogP contribution in [0.25, 0.3) is 84.0 Å². The van der Waals surface area contributed by atoms with E-state index in [1.54, 1.807) is 0 Å². The Morgan fingerprint density at radius 1 is 0.361 bits per heavy atom. The fourth-order valence-electron chi connectivity index (χ4n) is 9.35. The molecule has 10 heteroatoms. The minimum atomic E-state index is 0.554. The van der Waals surface area contributed by atoms with E-state index in [2.05, 4.69) is 145 Å². The molecule has 6 heterocycles. The minimum absolute atomic E-state index is 0.554. The standard InChI is InChI=1S/C51H42N8O2/c1-5-13-35(14-6-1)49-52-50(36-15-7-2-8-16-36)54-51(53-49)59-44-24-22-40(56-27-31-61-32-28-56)34-42(44)46-48(59)47-45(58(46)38-19-11-4-12-20-38)41-33-39(55-25-29-60-30-26-55)21-23-43(41)57(47)37-17-9-3-10-18-37/h1-24,33-34H,25-32H2. The molecule has 10 aromatic rings. The molecule has 0 bridgehead atoms. The van der Waals surface area contributed by atoms with E-state index in [4.69, 9.17) is 24.4 Å². The molecule has 0 radical (unpaired) electrons. The van der Waals surface area contributed by atoms with Gasteiger partial charge in [-0.05, 0) is 60.7 Å². The lowest BCUT2D eigenvalue weighted by Crippen LogP contribution is -2.36. The maximum Gasteiger partial charge on any atom is 0.238 e. The lowest BCUT2D eigenvalue weighted by molar-refractivity contribution is 0.122. The first-order chi connectivity index (χ1) is 30.3. The van der Waals surface area contributed by atoms with Gasteiger partial charge < -0.3 is 28.4 Å². The van der Waals surface area contributed by atoms with Crippen molar-refractivity contribution in [3.05, 3.63) is 158 Å². The van der Waals surface area contributed by atoms with Crippen molar-refractivity contribution in [3.63, 3.8) is 0 Å². The molecule has 0 unspecified atom stereocenters. The molecular weight excluding hydrogens is 757 g/mol. The predicted octanol–water partition coefficient (Wildman–Crippen LogP) is 9.86. The summed E-state index contributed by atoms with van der Waals surface area (Å²) in [4.78, 5) is 20.7. The molecule has 0 aliphatic carbocycles. The lowest BCUT2D eigenvalue weighted by Gasteiger charge is -2.29. The molecule has 0 amide bonds. The molecule has 2 saturated heterocycles. The van der Waals surface area contributed by atoms with E-state index < -0.39 is 0 Å². The number of nitrogens with zero attached hydrogens (tertiary/aromatic N) is 8. The summed E-state index contributed by atoms with van der Waals surface area (Å²) >= 11 is 0. The van der Waals surface area contributed by atoms with E-state index in [0.717, 1.165) is 98.2 Å². The molecule has 0 saturated carbocycles. The first-order valence-corrected chi connectivity index (χ1v) is 21.1. The highest BCUT2D eigenvalue weighted by molar-refractivity contribution is 6.26. The van der Waals surface area contributed by atoms with Crippen LogP contribution < -0.4 is 9.80 Å². The zero-order valence-electron chi connectivity index (χ0n) is 33.6. The molecule has 12 rings (SSSR count). The Morgan fingerprint density at radius 3 is 1.25 bits per heavy atom. The van der Waals surface area contributed by atoms with Crippen molar-refractivity contribution in [2.24, 2.45) is 0 Å². The van der Waals surface area contributed by atoms with Crippen molar-refractivity contribution < 1.29 is 9.47 Å². The fraction of sp³-hybridized carbons (Fsp3) is 0.157. The van der Waals surface area contributed by atoms with Gasteiger partial charge in [0.2, 0.25) is 5.95 Å². The Hall–Kier alpha value is -7.27. The summed E-state index contributed by atoms with van der Waals surface area (Å²) < 4.78 is 18.8. The van der Waals surface area contributed by atoms with E-state index in [9.17, 15) is 0 Å². The Labute approximate surface area is 352 Å². The molecule has 4 aromatic heterocycles. The zero-order valence-corrected chi connectivity index (χ0v) is 33.6. The second-order valence-electron chi connectivity index (χ2n) is 15.7. The maximum atomic E-state index is 5.81. The van der Waals surface area contributed by atoms with E-state index >= 15 is 0 Å². The van der Waals surface area contributed by atoms with Crippen LogP contribution >= 0.6 is 0 Å². The monoisotopic (exact) mass is 798 g/mol. The maximum absolute atomic E-state index is 5.81. The number of ether oxygens (including phenoxy) is 2. The molecular formula is C51H42N8O2. The Balaban J connectivity index is 1.27. The number of aromatic nitrogens is 6. The summed E-state index contributed by atoms with van der Waals surface area (Å²) in [6, 6.07) is 55.7. The average Bonchev–Trinajstić information content (AvgIpc) is 3.97. The second kappa shape index (κ2) is 14.8. The summed E-state index contributed by atoms with van der Waals surface area (Å²) in [6.07, 6.45) is 0. The third-order valence-corrected chi connectivity index (χ3v) is 12.2. The van der Waals surface area contributed by atoms with Crippen molar-refractivity contribution >= 4 is 55.2 Å². The number of hydrogen-bond acceptors (Lipinski definition) is 7. The van der Waals surface area contributed by atoms with Gasteiger partial charge in [0.05, 0.1) is 54.0 Å². The van der Waals surface area contributed by atoms with Crippen molar-refractivity contribution in [2.45, 2.75) is 0 Å². The van der Waals surface area contributed by atoms with Gasteiger partial charge in [-0.3, -0.25) is 4.57 Å². The second-order valence-corrected chi connectivity index (χ2v) is 15.7. The number of benzene rings is 6. The lowest BCUT2D eigenvalue weighted by atomic mass is 10.1. The molecule has 298 valence electrons. The van der Waals surface area contributed by atoms with Gasteiger partial charge >= 0.3 is 0 Å². The van der Waals surface area contributed by atoms with Gasteiger partial charge in [-0.15, -0.1) is 0 Å². The van der Waals surface area contributed by atoms with Crippen molar-refractivity contribution in [2.75, 3.05) is 62.4 Å². The van der Waals surface area contributed by atoms with Crippen LogP contribution in [0.1, 0.15) is 0 Å². The van der Waals surface area contributed by atoms with Crippen LogP contribution in [0.5, 0.6) is 0 Å². The van der Waals surface area contributed by atoms with Crippen molar-refractivity contribution in [3.8, 4) is 40.1 Å². The number of hydrogen-bond donors (Lipinski definition) is 0. The minimum Gasteiger partial charge on any atom is -0.378 e. The molecule has 10 nitrogen and oxygen atoms in total. The Kier molecular flexibility index (Phi) is 8.64. The van der Waals surface area contributed by atoms with Gasteiger partial charge in [0.25, 0.3) is 0 Å². The zero-order chi connectivity index (χ0) is 40.3. The van der Waals surface area contributed by atoms with Crippen LogP contribution in [0.4, 0.5) is 11.4 Å². The van der Waals surface area contributed by atoms with E-state index in [1.807, 2.05) is 36.4 Å². The highest BCUT2D eigenvalue weighted by Gasteiger charge is 2.30. The smallest absolute Gasteiger partial charge is 0.238 e. The van der Waals surface area contributed by atoms with Gasteiger partial charge in [0, 0.05) is 70.8 Å². The highest BCUT2D eigenvalue weighted by Crippen LogP contribution is 2.47. The first-order valence-electron chi connectivity index (χ1n) is 21.1. The van der Waals surface area contributed by atoms with Crippen LogP contribution in [0.2, 0.25) is 0 Å². The number of morpholine rings is 2. The topological polar surface area (TPSA) is 78.4 Å². The van der Waals surface area contributed by atoms with Crippen LogP contribution in [-0.4, -0.2) is 81.3 Å². The first kappa shape index (κ1) is 35.7. The van der Waals surface area contributed by atoms with Crippen LogP contribution in [0.3, 0.4) is 0 Å². The summed E-state index contributed by atoms with van der Waals surface area (Å²) in [5.74, 6) is 1.78. The summed E-state index contributed by atoms with van der Waals surface area (Å²) in [5.41, 5.74) is 12.8. The quantitative estimate of drug-likeness (QED) is 0.159. The van der Waals surface area contributed by atoms with Gasteiger partial charge in [-0.25, -0.2) is 4.98 Å². The van der Waals surface area contributed by atoms with Crippen LogP contribution in [0, 0.1) is 0 Å². The third kappa shape index (κ3) is 5.97. The van der Waals surface area contributed by atoms with Gasteiger partial charge in [0.1, 0.15) is 5.52 Å². The van der Waals surface area contributed by atoms with Gasteiger partial charge in [0.15, 0.2) is 11.6 Å². The summed E-state index contributed by atoms with van der Waals surface area (Å²) in [6.45, 7) is 6.20. The molecule has 6 aromatic carbocycles. The van der Waals surface area contributed by atoms with Crippen LogP contribution in [0.15, 0.2) is 158 Å². The normalized spacial score (nSPS) is 14.8. The predicted molar refractivity (Wildman–Crippen MR) is 245 cm³/mol. The fourth-order valence-corrected chi connectivity index (χ4v) is 9.35. The molecule has 2 fully saturated rings. The van der Waals surface area contributed by atoms with Crippen molar-refractivity contribution in [1.82, 2.24) is 28.7 Å². The van der Waals surface area contributed by atoms with Crippen LogP contribution in [-0.2, 0) is 9.47 Å². The molecule has 0 atom stereocenters. The number of anilines is 2. The number of fused-ring (bicyclic) bond motifs is 7. The largest absolute Gasteiger partial charge is 0.378 e. The summed E-state index contributed by atoms with van der Waals surface area (Å²) in [7, 11) is 0. The molecule has 61 heavy (non-hydrogen) atoms. The number of para-hydroxylation sites is 2. The highest BCUT2D eigenvalue weighted by atomic mass is 16.5. The van der Waals surface area contributed by atoms with Crippen molar-refractivity contribution in [1.29, 1.82) is 0 Å². The van der Waals surface area contributed by atoms with E-state index in [-0.39, 0.29) is 0 Å². The molecule has 0 spiro atoms. The van der Waals surface area contributed by atoms with Gasteiger partial charge in [-0.1, -0.05) is 97.1 Å². The van der Waals surface area contributed by atoms with E-state index in [0.29, 0.717) is 44.0 Å². The SMILES string of the molecule is c1ccc(-c2nc(-c3ccccc3)nc(-n3c4ccc(N5CCOCC5)cc4c4c3c3c(c5cc(N6CCOCC6)ccc5n3-c3ccccc3)n4-c3ccccc3)n2)cc1. The van der Waals surface area contributed by atoms with Gasteiger partial charge in [-0.2, -0.15) is 9.97 Å². The summed E-state index contributed by atoms with van der Waals surface area (Å²) in [5, 5.41) is 2.27. The number of rotatable bonds is 7. The van der Waals surface area contributed by atoms with E-state index in [1.165, 1.54) is 5.69 Å². The Morgan fingerprint density at radius 2 is 0.770 bits per heavy atom. The average molecular weight is 799 g/mol. The molecule has 0 N–H and O–H groups in total. The molecule has 2 aliphatic rings.